The van der Waals surface area contributed by atoms with Crippen molar-refractivity contribution in [2.45, 2.75) is 33.7 Å². The number of ether oxygens (including phenoxy) is 1. The van der Waals surface area contributed by atoms with E-state index in [-0.39, 0.29) is 18.6 Å². The van der Waals surface area contributed by atoms with Gasteiger partial charge in [0.15, 0.2) is 0 Å². The molecule has 0 saturated heterocycles. The van der Waals surface area contributed by atoms with Gasteiger partial charge < -0.3 is 15.2 Å². The van der Waals surface area contributed by atoms with Crippen molar-refractivity contribution in [3.63, 3.8) is 0 Å². The highest BCUT2D eigenvalue weighted by Gasteiger charge is 2.15. The van der Waals surface area contributed by atoms with Gasteiger partial charge in [-0.1, -0.05) is 6.92 Å². The van der Waals surface area contributed by atoms with E-state index in [1.54, 1.807) is 13.8 Å². The molecule has 1 rings (SSSR count). The Morgan fingerprint density at radius 3 is 2.74 bits per heavy atom. The molecule has 0 amide bonds. The van der Waals surface area contributed by atoms with Crippen molar-refractivity contribution in [2.24, 2.45) is 5.92 Å². The Labute approximate surface area is 113 Å². The summed E-state index contributed by atoms with van der Waals surface area (Å²) < 4.78 is 4.91. The van der Waals surface area contributed by atoms with Gasteiger partial charge in [-0.3, -0.25) is 0 Å². The second kappa shape index (κ2) is 7.04. The fourth-order valence-electron chi connectivity index (χ4n) is 1.45. The minimum Gasteiger partial charge on any atom is -0.462 e. The van der Waals surface area contributed by atoms with Crippen LogP contribution in [0, 0.1) is 12.8 Å². The molecule has 0 aliphatic heterocycles. The van der Waals surface area contributed by atoms with E-state index in [9.17, 15) is 4.79 Å². The van der Waals surface area contributed by atoms with Crippen LogP contribution in [0.25, 0.3) is 0 Å². The summed E-state index contributed by atoms with van der Waals surface area (Å²) in [4.78, 5) is 19.9. The molecule has 0 aromatic carbocycles. The van der Waals surface area contributed by atoms with E-state index >= 15 is 0 Å². The Balaban J connectivity index is 2.79. The molecule has 6 nitrogen and oxygen atoms in total. The largest absolute Gasteiger partial charge is 0.462 e. The minimum atomic E-state index is -0.414. The standard InChI is InChI=1S/C13H21N3O3/c1-5-19-12(18)11-6-14-13(16-10(11)4)15-9(3)8(2)7-17/h6,8-9,17H,5,7H2,1-4H3,(H,14,15,16). The summed E-state index contributed by atoms with van der Waals surface area (Å²) in [6.07, 6.45) is 1.46. The molecule has 0 radical (unpaired) electrons. The summed E-state index contributed by atoms with van der Waals surface area (Å²) in [7, 11) is 0. The number of aryl methyl sites for hydroxylation is 1. The van der Waals surface area contributed by atoms with Crippen molar-refractivity contribution in [3.8, 4) is 0 Å². The van der Waals surface area contributed by atoms with Gasteiger partial charge in [-0.2, -0.15) is 0 Å². The zero-order chi connectivity index (χ0) is 14.4. The Morgan fingerprint density at radius 2 is 2.21 bits per heavy atom. The maximum Gasteiger partial charge on any atom is 0.341 e. The van der Waals surface area contributed by atoms with Crippen LogP contribution in [-0.2, 0) is 4.74 Å². The molecule has 0 spiro atoms. The first kappa shape index (κ1) is 15.4. The maximum atomic E-state index is 11.6. The van der Waals surface area contributed by atoms with E-state index < -0.39 is 5.97 Å². The number of carbonyl (C=O) groups excluding carboxylic acids is 1. The van der Waals surface area contributed by atoms with Gasteiger partial charge in [0, 0.05) is 18.8 Å². The molecule has 106 valence electrons. The third-order valence-electron chi connectivity index (χ3n) is 2.97. The molecular formula is C13H21N3O3. The van der Waals surface area contributed by atoms with E-state index in [2.05, 4.69) is 15.3 Å². The SMILES string of the molecule is CCOC(=O)c1cnc(NC(C)C(C)CO)nc1C. The number of carbonyl (C=O) groups is 1. The lowest BCUT2D eigenvalue weighted by Crippen LogP contribution is -2.27. The van der Waals surface area contributed by atoms with Gasteiger partial charge in [0.2, 0.25) is 5.95 Å². The van der Waals surface area contributed by atoms with Crippen LogP contribution >= 0.6 is 0 Å². The number of esters is 1. The first-order chi connectivity index (χ1) is 8.99. The molecule has 0 fully saturated rings. The Kier molecular flexibility index (Phi) is 5.69. The average Bonchev–Trinajstić information content (AvgIpc) is 2.38. The number of hydrogen-bond acceptors (Lipinski definition) is 6. The van der Waals surface area contributed by atoms with E-state index in [0.29, 0.717) is 23.8 Å². The predicted molar refractivity (Wildman–Crippen MR) is 72.1 cm³/mol. The zero-order valence-electron chi connectivity index (χ0n) is 11.8. The predicted octanol–water partition coefficient (Wildman–Crippen LogP) is 1.39. The van der Waals surface area contributed by atoms with E-state index in [1.807, 2.05) is 13.8 Å². The molecular weight excluding hydrogens is 246 g/mol. The number of aromatic nitrogens is 2. The summed E-state index contributed by atoms with van der Waals surface area (Å²) in [5.41, 5.74) is 0.940. The molecule has 1 aromatic heterocycles. The summed E-state index contributed by atoms with van der Waals surface area (Å²) in [6, 6.07) is 0.0397. The Morgan fingerprint density at radius 1 is 1.53 bits per heavy atom. The van der Waals surface area contributed by atoms with Gasteiger partial charge in [0.1, 0.15) is 0 Å². The molecule has 1 aromatic rings. The number of anilines is 1. The van der Waals surface area contributed by atoms with Gasteiger partial charge in [-0.05, 0) is 26.7 Å². The summed E-state index contributed by atoms with van der Waals surface area (Å²) >= 11 is 0. The Bertz CT molecular complexity index is 437. The second-order valence-corrected chi connectivity index (χ2v) is 4.51. The number of aliphatic hydroxyl groups is 1. The lowest BCUT2D eigenvalue weighted by atomic mass is 10.1. The second-order valence-electron chi connectivity index (χ2n) is 4.51. The molecule has 2 unspecified atom stereocenters. The molecule has 2 N–H and O–H groups in total. The van der Waals surface area contributed by atoms with Crippen LogP contribution in [0.3, 0.4) is 0 Å². The Hall–Kier alpha value is -1.69. The smallest absolute Gasteiger partial charge is 0.341 e. The minimum absolute atomic E-state index is 0.0397. The van der Waals surface area contributed by atoms with E-state index in [1.165, 1.54) is 6.20 Å². The molecule has 2 atom stereocenters. The summed E-state index contributed by atoms with van der Waals surface area (Å²) in [6.45, 7) is 7.77. The lowest BCUT2D eigenvalue weighted by molar-refractivity contribution is 0.0524. The molecule has 6 heteroatoms. The third-order valence-corrected chi connectivity index (χ3v) is 2.97. The van der Waals surface area contributed by atoms with Crippen molar-refractivity contribution in [3.05, 3.63) is 17.5 Å². The fourth-order valence-corrected chi connectivity index (χ4v) is 1.45. The van der Waals surface area contributed by atoms with Gasteiger partial charge in [0.25, 0.3) is 0 Å². The average molecular weight is 267 g/mol. The first-order valence-corrected chi connectivity index (χ1v) is 6.37. The quantitative estimate of drug-likeness (QED) is 0.758. The van der Waals surface area contributed by atoms with Crippen LogP contribution in [-0.4, -0.2) is 40.3 Å². The zero-order valence-corrected chi connectivity index (χ0v) is 11.8. The van der Waals surface area contributed by atoms with Gasteiger partial charge in [-0.25, -0.2) is 14.8 Å². The van der Waals surface area contributed by atoms with E-state index in [0.717, 1.165) is 0 Å². The number of nitrogens with one attached hydrogen (secondary N) is 1. The van der Waals surface area contributed by atoms with Crippen molar-refractivity contribution in [1.82, 2.24) is 9.97 Å². The maximum absolute atomic E-state index is 11.6. The van der Waals surface area contributed by atoms with Crippen LogP contribution < -0.4 is 5.32 Å². The van der Waals surface area contributed by atoms with Crippen LogP contribution in [0.5, 0.6) is 0 Å². The van der Waals surface area contributed by atoms with Crippen molar-refractivity contribution >= 4 is 11.9 Å². The summed E-state index contributed by atoms with van der Waals surface area (Å²) in [5, 5.41) is 12.2. The molecule has 0 saturated carbocycles. The molecule has 19 heavy (non-hydrogen) atoms. The highest BCUT2D eigenvalue weighted by atomic mass is 16.5. The fraction of sp³-hybridized carbons (Fsp3) is 0.615. The molecule has 0 aliphatic rings. The number of hydrogen-bond donors (Lipinski definition) is 2. The van der Waals surface area contributed by atoms with Crippen LogP contribution in [0.1, 0.15) is 36.8 Å². The van der Waals surface area contributed by atoms with Crippen molar-refractivity contribution in [1.29, 1.82) is 0 Å². The van der Waals surface area contributed by atoms with Gasteiger partial charge in [0.05, 0.1) is 17.9 Å². The molecule has 0 aliphatic carbocycles. The van der Waals surface area contributed by atoms with Crippen LogP contribution in [0.4, 0.5) is 5.95 Å². The van der Waals surface area contributed by atoms with Crippen molar-refractivity contribution in [2.75, 3.05) is 18.5 Å². The number of nitrogens with zero attached hydrogens (tertiary/aromatic N) is 2. The highest BCUT2D eigenvalue weighted by molar-refractivity contribution is 5.90. The van der Waals surface area contributed by atoms with Crippen molar-refractivity contribution < 1.29 is 14.6 Å². The normalized spacial score (nSPS) is 13.7. The molecule has 1 heterocycles. The lowest BCUT2D eigenvalue weighted by Gasteiger charge is -2.19. The number of rotatable bonds is 6. The van der Waals surface area contributed by atoms with Crippen LogP contribution in [0.15, 0.2) is 6.20 Å². The summed E-state index contributed by atoms with van der Waals surface area (Å²) in [5.74, 6) is 0.121. The third kappa shape index (κ3) is 4.17. The monoisotopic (exact) mass is 267 g/mol. The first-order valence-electron chi connectivity index (χ1n) is 6.37. The van der Waals surface area contributed by atoms with Gasteiger partial charge in [-0.15, -0.1) is 0 Å². The number of aliphatic hydroxyl groups excluding tert-OH is 1. The van der Waals surface area contributed by atoms with E-state index in [4.69, 9.17) is 9.84 Å². The topological polar surface area (TPSA) is 84.3 Å². The molecule has 0 bridgehead atoms. The highest BCUT2D eigenvalue weighted by Crippen LogP contribution is 2.12. The van der Waals surface area contributed by atoms with Gasteiger partial charge >= 0.3 is 5.97 Å². The van der Waals surface area contributed by atoms with Crippen LogP contribution in [0.2, 0.25) is 0 Å².